The van der Waals surface area contributed by atoms with Gasteiger partial charge in [-0.2, -0.15) is 0 Å². The van der Waals surface area contributed by atoms with Crippen LogP contribution in [0.5, 0.6) is 0 Å². The normalized spacial score (nSPS) is 22.0. The fraction of sp³-hybridized carbons (Fsp3) is 0.938. The third-order valence-electron chi connectivity index (χ3n) is 3.97. The summed E-state index contributed by atoms with van der Waals surface area (Å²) in [6.07, 6.45) is 11.9. The van der Waals surface area contributed by atoms with Crippen LogP contribution in [0.1, 0.15) is 78.1 Å². The SMILES string of the molecule is CCCCCCCCCCC1(C(=O)OCC)CCO1. The highest BCUT2D eigenvalue weighted by Gasteiger charge is 2.46. The van der Waals surface area contributed by atoms with E-state index in [1.807, 2.05) is 6.92 Å². The van der Waals surface area contributed by atoms with Crippen molar-refractivity contribution in [2.24, 2.45) is 0 Å². The lowest BCUT2D eigenvalue weighted by atomic mass is 9.88. The molecule has 3 nitrogen and oxygen atoms in total. The molecule has 0 spiro atoms. The van der Waals surface area contributed by atoms with Gasteiger partial charge in [-0.05, 0) is 19.8 Å². The fourth-order valence-electron chi connectivity index (χ4n) is 2.62. The average Bonchev–Trinajstić information content (AvgIpc) is 2.35. The van der Waals surface area contributed by atoms with E-state index < -0.39 is 5.60 Å². The molecule has 3 heteroatoms. The molecular weight excluding hydrogens is 240 g/mol. The molecule has 1 heterocycles. The molecule has 112 valence electrons. The number of esters is 1. The predicted molar refractivity (Wildman–Crippen MR) is 77.2 cm³/mol. The molecule has 1 fully saturated rings. The number of ether oxygens (including phenoxy) is 2. The van der Waals surface area contributed by atoms with Gasteiger partial charge in [0.1, 0.15) is 0 Å². The van der Waals surface area contributed by atoms with Crippen LogP contribution >= 0.6 is 0 Å². The molecule has 1 saturated heterocycles. The Kier molecular flexibility index (Phi) is 8.11. The van der Waals surface area contributed by atoms with E-state index in [1.165, 1.54) is 44.9 Å². The van der Waals surface area contributed by atoms with Crippen molar-refractivity contribution < 1.29 is 14.3 Å². The molecule has 1 unspecified atom stereocenters. The van der Waals surface area contributed by atoms with Gasteiger partial charge in [0.2, 0.25) is 0 Å². The summed E-state index contributed by atoms with van der Waals surface area (Å²) >= 11 is 0. The monoisotopic (exact) mass is 270 g/mol. The molecule has 19 heavy (non-hydrogen) atoms. The lowest BCUT2D eigenvalue weighted by molar-refractivity contribution is -0.201. The van der Waals surface area contributed by atoms with Crippen molar-refractivity contribution in [2.75, 3.05) is 13.2 Å². The van der Waals surface area contributed by atoms with Gasteiger partial charge in [-0.25, -0.2) is 4.79 Å². The van der Waals surface area contributed by atoms with Gasteiger partial charge in [0, 0.05) is 6.42 Å². The third kappa shape index (κ3) is 5.52. The first kappa shape index (κ1) is 16.5. The molecule has 0 amide bonds. The zero-order valence-corrected chi connectivity index (χ0v) is 12.7. The molecule has 0 radical (unpaired) electrons. The van der Waals surface area contributed by atoms with Crippen LogP contribution in [0, 0.1) is 0 Å². The molecular formula is C16H30O3. The van der Waals surface area contributed by atoms with E-state index in [2.05, 4.69) is 6.92 Å². The Morgan fingerprint density at radius 3 is 2.11 bits per heavy atom. The number of unbranched alkanes of at least 4 members (excludes halogenated alkanes) is 7. The summed E-state index contributed by atoms with van der Waals surface area (Å²) in [7, 11) is 0. The fourth-order valence-corrected chi connectivity index (χ4v) is 2.62. The summed E-state index contributed by atoms with van der Waals surface area (Å²) in [6.45, 7) is 5.24. The molecule has 0 bridgehead atoms. The van der Waals surface area contributed by atoms with E-state index >= 15 is 0 Å². The smallest absolute Gasteiger partial charge is 0.338 e. The molecule has 0 aromatic heterocycles. The molecule has 1 atom stereocenters. The van der Waals surface area contributed by atoms with E-state index in [1.54, 1.807) is 0 Å². The van der Waals surface area contributed by atoms with Crippen molar-refractivity contribution in [2.45, 2.75) is 83.7 Å². The number of carbonyl (C=O) groups excluding carboxylic acids is 1. The average molecular weight is 270 g/mol. The van der Waals surface area contributed by atoms with E-state index in [4.69, 9.17) is 9.47 Å². The first-order chi connectivity index (χ1) is 9.25. The van der Waals surface area contributed by atoms with Gasteiger partial charge >= 0.3 is 5.97 Å². The van der Waals surface area contributed by atoms with Crippen LogP contribution in [0.2, 0.25) is 0 Å². The Labute approximate surface area is 118 Å². The largest absolute Gasteiger partial charge is 0.464 e. The van der Waals surface area contributed by atoms with Gasteiger partial charge in [-0.15, -0.1) is 0 Å². The van der Waals surface area contributed by atoms with Crippen molar-refractivity contribution in [3.8, 4) is 0 Å². The second kappa shape index (κ2) is 9.35. The zero-order chi connectivity index (χ0) is 14.0. The van der Waals surface area contributed by atoms with Crippen LogP contribution in [0.3, 0.4) is 0 Å². The standard InChI is InChI=1S/C16H30O3/c1-3-5-6-7-8-9-10-11-12-16(13-14-19-16)15(17)18-4-2/h3-14H2,1-2H3. The van der Waals surface area contributed by atoms with Crippen molar-refractivity contribution in [3.63, 3.8) is 0 Å². The summed E-state index contributed by atoms with van der Waals surface area (Å²) in [4.78, 5) is 11.8. The minimum atomic E-state index is -0.585. The van der Waals surface area contributed by atoms with Crippen LogP contribution in [-0.2, 0) is 14.3 Å². The first-order valence-electron chi connectivity index (χ1n) is 8.06. The molecule has 0 aromatic carbocycles. The maximum Gasteiger partial charge on any atom is 0.338 e. The van der Waals surface area contributed by atoms with Gasteiger partial charge in [0.25, 0.3) is 0 Å². The van der Waals surface area contributed by atoms with Crippen LogP contribution in [-0.4, -0.2) is 24.8 Å². The van der Waals surface area contributed by atoms with Crippen molar-refractivity contribution in [1.82, 2.24) is 0 Å². The number of carbonyl (C=O) groups is 1. The van der Waals surface area contributed by atoms with Crippen molar-refractivity contribution in [3.05, 3.63) is 0 Å². The number of hydrogen-bond donors (Lipinski definition) is 0. The van der Waals surface area contributed by atoms with E-state index in [9.17, 15) is 4.79 Å². The lowest BCUT2D eigenvalue weighted by Gasteiger charge is -2.39. The Bertz CT molecular complexity index is 246. The van der Waals surface area contributed by atoms with E-state index in [-0.39, 0.29) is 5.97 Å². The van der Waals surface area contributed by atoms with Gasteiger partial charge < -0.3 is 9.47 Å². The topological polar surface area (TPSA) is 35.5 Å². The van der Waals surface area contributed by atoms with E-state index in [0.29, 0.717) is 13.2 Å². The molecule has 1 aliphatic heterocycles. The number of hydrogen-bond acceptors (Lipinski definition) is 3. The van der Waals surface area contributed by atoms with Gasteiger partial charge in [0.15, 0.2) is 5.60 Å². The highest BCUT2D eigenvalue weighted by Crippen LogP contribution is 2.33. The predicted octanol–water partition coefficient (Wildman–Crippen LogP) is 4.24. The Morgan fingerprint density at radius 2 is 1.63 bits per heavy atom. The highest BCUT2D eigenvalue weighted by atomic mass is 16.6. The molecule has 0 N–H and O–H groups in total. The Morgan fingerprint density at radius 1 is 1.05 bits per heavy atom. The van der Waals surface area contributed by atoms with Crippen LogP contribution < -0.4 is 0 Å². The third-order valence-corrected chi connectivity index (χ3v) is 3.97. The summed E-state index contributed by atoms with van der Waals surface area (Å²) in [5.41, 5.74) is -0.585. The van der Waals surface area contributed by atoms with Gasteiger partial charge in [0.05, 0.1) is 13.2 Å². The van der Waals surface area contributed by atoms with Crippen LogP contribution in [0.4, 0.5) is 0 Å². The van der Waals surface area contributed by atoms with E-state index in [0.717, 1.165) is 19.3 Å². The molecule has 1 aliphatic rings. The summed E-state index contributed by atoms with van der Waals surface area (Å²) in [6, 6.07) is 0. The second-order valence-corrected chi connectivity index (χ2v) is 5.54. The highest BCUT2D eigenvalue weighted by molar-refractivity contribution is 5.80. The quantitative estimate of drug-likeness (QED) is 0.416. The number of rotatable bonds is 11. The summed E-state index contributed by atoms with van der Waals surface area (Å²) < 4.78 is 10.6. The first-order valence-corrected chi connectivity index (χ1v) is 8.06. The minimum absolute atomic E-state index is 0.149. The molecule has 0 aliphatic carbocycles. The maximum absolute atomic E-state index is 11.8. The van der Waals surface area contributed by atoms with Gasteiger partial charge in [-0.3, -0.25) is 0 Å². The minimum Gasteiger partial charge on any atom is -0.464 e. The Balaban J connectivity index is 2.05. The maximum atomic E-state index is 11.8. The Hall–Kier alpha value is -0.570. The lowest BCUT2D eigenvalue weighted by Crippen LogP contribution is -2.51. The summed E-state index contributed by atoms with van der Waals surface area (Å²) in [5.74, 6) is -0.149. The van der Waals surface area contributed by atoms with Crippen molar-refractivity contribution in [1.29, 1.82) is 0 Å². The summed E-state index contributed by atoms with van der Waals surface area (Å²) in [5, 5.41) is 0. The van der Waals surface area contributed by atoms with Gasteiger partial charge in [-0.1, -0.05) is 51.9 Å². The molecule has 0 saturated carbocycles. The van der Waals surface area contributed by atoms with Crippen LogP contribution in [0.15, 0.2) is 0 Å². The van der Waals surface area contributed by atoms with Crippen LogP contribution in [0.25, 0.3) is 0 Å². The second-order valence-electron chi connectivity index (χ2n) is 5.54. The molecule has 1 rings (SSSR count). The van der Waals surface area contributed by atoms with Crippen molar-refractivity contribution >= 4 is 5.97 Å². The molecule has 0 aromatic rings. The zero-order valence-electron chi connectivity index (χ0n) is 12.7.